The first-order chi connectivity index (χ1) is 10.9. The average molecular weight is 331 g/mol. The van der Waals surface area contributed by atoms with Crippen molar-refractivity contribution in [2.24, 2.45) is 0 Å². The Morgan fingerprint density at radius 3 is 1.91 bits per heavy atom. The van der Waals surface area contributed by atoms with Crippen molar-refractivity contribution in [3.63, 3.8) is 0 Å². The molecule has 0 aliphatic carbocycles. The summed E-state index contributed by atoms with van der Waals surface area (Å²) in [6.45, 7) is 5.98. The molecular weight excluding hydrogens is 292 g/mol. The van der Waals surface area contributed by atoms with Crippen molar-refractivity contribution >= 4 is 5.97 Å². The molecule has 0 bridgehead atoms. The van der Waals surface area contributed by atoms with Crippen molar-refractivity contribution in [1.82, 2.24) is 0 Å². The maximum atomic E-state index is 11.5. The Morgan fingerprint density at radius 2 is 1.43 bits per heavy atom. The van der Waals surface area contributed by atoms with E-state index in [1.54, 1.807) is 7.11 Å². The fourth-order valence-corrected chi connectivity index (χ4v) is 2.60. The van der Waals surface area contributed by atoms with Crippen LogP contribution in [0.4, 0.5) is 0 Å². The van der Waals surface area contributed by atoms with Gasteiger partial charge in [0, 0.05) is 7.11 Å². The standard InChI is InChI=1S/C19H38O4/c1-6-7-8-9-10-11-12-13-14-15-17(16-18(20)21-4)23-19(2,3)22-5/h17H,6-16H2,1-5H3/t17-/m0/s1. The highest BCUT2D eigenvalue weighted by molar-refractivity contribution is 5.69. The third kappa shape index (κ3) is 13.5. The molecule has 4 heteroatoms. The zero-order valence-corrected chi connectivity index (χ0v) is 16.0. The second-order valence-electron chi connectivity index (χ2n) is 6.74. The van der Waals surface area contributed by atoms with E-state index in [1.165, 1.54) is 58.5 Å². The van der Waals surface area contributed by atoms with Crippen LogP contribution in [0.2, 0.25) is 0 Å². The predicted octanol–water partition coefficient (Wildman–Crippen LogP) is 5.24. The molecule has 138 valence electrons. The number of hydrogen-bond donors (Lipinski definition) is 0. The van der Waals surface area contributed by atoms with Gasteiger partial charge in [-0.05, 0) is 20.3 Å². The molecular formula is C19H38O4. The highest BCUT2D eigenvalue weighted by Gasteiger charge is 2.25. The number of ether oxygens (including phenoxy) is 3. The summed E-state index contributed by atoms with van der Waals surface area (Å²) in [6, 6.07) is 0. The summed E-state index contributed by atoms with van der Waals surface area (Å²) < 4.78 is 16.0. The molecule has 0 aromatic heterocycles. The summed E-state index contributed by atoms with van der Waals surface area (Å²) in [6.07, 6.45) is 12.6. The van der Waals surface area contributed by atoms with Crippen LogP contribution in [-0.4, -0.2) is 32.1 Å². The summed E-state index contributed by atoms with van der Waals surface area (Å²) >= 11 is 0. The summed E-state index contributed by atoms with van der Waals surface area (Å²) in [4.78, 5) is 11.5. The van der Waals surface area contributed by atoms with Crippen LogP contribution in [0.15, 0.2) is 0 Å². The van der Waals surface area contributed by atoms with Crippen LogP contribution in [0, 0.1) is 0 Å². The van der Waals surface area contributed by atoms with Crippen LogP contribution >= 0.6 is 0 Å². The molecule has 0 heterocycles. The Hall–Kier alpha value is -0.610. The topological polar surface area (TPSA) is 44.8 Å². The molecule has 0 rings (SSSR count). The molecule has 0 saturated carbocycles. The highest BCUT2D eigenvalue weighted by atomic mass is 16.7. The number of rotatable bonds is 15. The van der Waals surface area contributed by atoms with E-state index in [0.29, 0.717) is 6.42 Å². The van der Waals surface area contributed by atoms with Crippen molar-refractivity contribution in [1.29, 1.82) is 0 Å². The summed E-state index contributed by atoms with van der Waals surface area (Å²) in [7, 11) is 3.03. The first kappa shape index (κ1) is 22.4. The average Bonchev–Trinajstić information content (AvgIpc) is 2.52. The minimum Gasteiger partial charge on any atom is -0.469 e. The first-order valence-electron chi connectivity index (χ1n) is 9.25. The Balaban J connectivity index is 3.89. The molecule has 1 atom stereocenters. The normalized spacial score (nSPS) is 13.1. The summed E-state index contributed by atoms with van der Waals surface area (Å²) in [5, 5.41) is 0. The molecule has 23 heavy (non-hydrogen) atoms. The molecule has 0 N–H and O–H groups in total. The van der Waals surface area contributed by atoms with E-state index in [0.717, 1.165) is 12.8 Å². The number of esters is 1. The molecule has 0 aromatic carbocycles. The Kier molecular flexibility index (Phi) is 13.4. The van der Waals surface area contributed by atoms with E-state index in [-0.39, 0.29) is 12.1 Å². The largest absolute Gasteiger partial charge is 0.469 e. The second-order valence-corrected chi connectivity index (χ2v) is 6.74. The Labute approximate surface area is 143 Å². The highest BCUT2D eigenvalue weighted by Crippen LogP contribution is 2.20. The van der Waals surface area contributed by atoms with Gasteiger partial charge in [0.2, 0.25) is 0 Å². The van der Waals surface area contributed by atoms with Crippen molar-refractivity contribution in [3.8, 4) is 0 Å². The molecule has 0 spiro atoms. The molecule has 0 aromatic rings. The number of methoxy groups -OCH3 is 2. The minimum absolute atomic E-state index is 0.137. The van der Waals surface area contributed by atoms with Gasteiger partial charge < -0.3 is 14.2 Å². The van der Waals surface area contributed by atoms with Gasteiger partial charge in [0.15, 0.2) is 5.79 Å². The zero-order valence-electron chi connectivity index (χ0n) is 16.0. The van der Waals surface area contributed by atoms with E-state index in [4.69, 9.17) is 14.2 Å². The van der Waals surface area contributed by atoms with Crippen molar-refractivity contribution in [2.75, 3.05) is 14.2 Å². The maximum absolute atomic E-state index is 11.5. The molecule has 0 unspecified atom stereocenters. The number of hydrogen-bond acceptors (Lipinski definition) is 4. The quantitative estimate of drug-likeness (QED) is 0.234. The number of carbonyl (C=O) groups excluding carboxylic acids is 1. The van der Waals surface area contributed by atoms with E-state index in [1.807, 2.05) is 13.8 Å². The van der Waals surface area contributed by atoms with Gasteiger partial charge in [-0.15, -0.1) is 0 Å². The third-order valence-electron chi connectivity index (χ3n) is 4.19. The second kappa shape index (κ2) is 13.8. The fourth-order valence-electron chi connectivity index (χ4n) is 2.60. The van der Waals surface area contributed by atoms with Crippen LogP contribution < -0.4 is 0 Å². The van der Waals surface area contributed by atoms with Gasteiger partial charge in [-0.25, -0.2) is 0 Å². The summed E-state index contributed by atoms with van der Waals surface area (Å²) in [5.74, 6) is -0.893. The maximum Gasteiger partial charge on any atom is 0.308 e. The van der Waals surface area contributed by atoms with E-state index in [9.17, 15) is 4.79 Å². The Bertz CT molecular complexity index is 289. The minimum atomic E-state index is -0.669. The van der Waals surface area contributed by atoms with Crippen LogP contribution in [-0.2, 0) is 19.0 Å². The lowest BCUT2D eigenvalue weighted by Gasteiger charge is -2.29. The SMILES string of the molecule is CCCCCCCCCCC[C@@H](CC(=O)OC)OC(C)(C)OC. The summed E-state index contributed by atoms with van der Waals surface area (Å²) in [5.41, 5.74) is 0. The zero-order chi connectivity index (χ0) is 17.6. The van der Waals surface area contributed by atoms with Crippen LogP contribution in [0.1, 0.15) is 91.4 Å². The van der Waals surface area contributed by atoms with E-state index in [2.05, 4.69) is 6.92 Å². The van der Waals surface area contributed by atoms with E-state index >= 15 is 0 Å². The lowest BCUT2D eigenvalue weighted by atomic mass is 10.0. The third-order valence-corrected chi connectivity index (χ3v) is 4.19. The number of carbonyl (C=O) groups is 1. The molecule has 0 fully saturated rings. The molecule has 0 amide bonds. The van der Waals surface area contributed by atoms with Gasteiger partial charge in [-0.3, -0.25) is 4.79 Å². The van der Waals surface area contributed by atoms with E-state index < -0.39 is 5.79 Å². The lowest BCUT2D eigenvalue weighted by Crippen LogP contribution is -2.33. The van der Waals surface area contributed by atoms with Crippen LogP contribution in [0.3, 0.4) is 0 Å². The monoisotopic (exact) mass is 330 g/mol. The Morgan fingerprint density at radius 1 is 0.913 bits per heavy atom. The van der Waals surface area contributed by atoms with Crippen LogP contribution in [0.25, 0.3) is 0 Å². The molecule has 0 aliphatic heterocycles. The van der Waals surface area contributed by atoms with Crippen molar-refractivity contribution < 1.29 is 19.0 Å². The van der Waals surface area contributed by atoms with Gasteiger partial charge in [-0.2, -0.15) is 0 Å². The van der Waals surface area contributed by atoms with Gasteiger partial charge in [0.1, 0.15) is 0 Å². The molecule has 4 nitrogen and oxygen atoms in total. The van der Waals surface area contributed by atoms with Gasteiger partial charge in [-0.1, -0.05) is 64.7 Å². The van der Waals surface area contributed by atoms with Crippen LogP contribution in [0.5, 0.6) is 0 Å². The van der Waals surface area contributed by atoms with Gasteiger partial charge in [0.25, 0.3) is 0 Å². The molecule has 0 saturated heterocycles. The van der Waals surface area contributed by atoms with Gasteiger partial charge in [0.05, 0.1) is 19.6 Å². The lowest BCUT2D eigenvalue weighted by molar-refractivity contribution is -0.226. The van der Waals surface area contributed by atoms with Gasteiger partial charge >= 0.3 is 5.97 Å². The fraction of sp³-hybridized carbons (Fsp3) is 0.947. The first-order valence-corrected chi connectivity index (χ1v) is 9.25. The molecule has 0 aliphatic rings. The molecule has 0 radical (unpaired) electrons. The van der Waals surface area contributed by atoms with Crippen molar-refractivity contribution in [2.45, 2.75) is 103 Å². The number of unbranched alkanes of at least 4 members (excludes halogenated alkanes) is 8. The predicted molar refractivity (Wildman–Crippen MR) is 94.4 cm³/mol. The van der Waals surface area contributed by atoms with Crippen molar-refractivity contribution in [3.05, 3.63) is 0 Å². The smallest absolute Gasteiger partial charge is 0.308 e.